The van der Waals surface area contributed by atoms with Crippen LogP contribution in [-0.2, 0) is 24.3 Å². The van der Waals surface area contributed by atoms with Crippen LogP contribution in [-0.4, -0.2) is 93.6 Å². The van der Waals surface area contributed by atoms with Gasteiger partial charge >= 0.3 is 5.97 Å². The van der Waals surface area contributed by atoms with Gasteiger partial charge in [-0.1, -0.05) is 13.8 Å². The minimum Gasteiger partial charge on any atom is -0.480 e. The van der Waals surface area contributed by atoms with Crippen LogP contribution in [0.4, 0.5) is 0 Å². The summed E-state index contributed by atoms with van der Waals surface area (Å²) in [6.07, 6.45) is 1.71. The number of aliphatic carboxylic acids is 1. The van der Waals surface area contributed by atoms with Crippen LogP contribution in [0.5, 0.6) is 0 Å². The van der Waals surface area contributed by atoms with Crippen molar-refractivity contribution in [1.29, 1.82) is 0 Å². The molecular weight excluding hydrogens is 372 g/mol. The van der Waals surface area contributed by atoms with E-state index in [9.17, 15) is 13.2 Å². The summed E-state index contributed by atoms with van der Waals surface area (Å²) in [5.41, 5.74) is 0. The van der Waals surface area contributed by atoms with Crippen molar-refractivity contribution in [3.05, 3.63) is 0 Å². The van der Waals surface area contributed by atoms with Crippen molar-refractivity contribution in [2.75, 3.05) is 58.8 Å². The summed E-state index contributed by atoms with van der Waals surface area (Å²) in [4.78, 5) is 13.0. The molecule has 150 valence electrons. The van der Waals surface area contributed by atoms with Crippen molar-refractivity contribution >= 4 is 28.4 Å². The number of hydrogen-bond acceptors (Lipinski definition) is 6. The summed E-state index contributed by atoms with van der Waals surface area (Å²) in [5, 5.41) is 8.86. The van der Waals surface area contributed by atoms with Gasteiger partial charge < -0.3 is 14.6 Å². The number of carboxylic acids is 1. The van der Waals surface area contributed by atoms with E-state index < -0.39 is 22.5 Å². The third-order valence-electron chi connectivity index (χ3n) is 3.80. The first-order chi connectivity index (χ1) is 11.2. The van der Waals surface area contributed by atoms with Crippen LogP contribution in [0.1, 0.15) is 20.3 Å². The van der Waals surface area contributed by atoms with Crippen LogP contribution in [0, 0.1) is 5.92 Å². The second-order valence-corrected chi connectivity index (χ2v) is 8.52. The molecule has 0 spiro atoms. The van der Waals surface area contributed by atoms with Gasteiger partial charge in [-0.2, -0.15) is 4.31 Å². The van der Waals surface area contributed by atoms with Crippen molar-refractivity contribution in [2.24, 2.45) is 5.92 Å². The van der Waals surface area contributed by atoms with Crippen molar-refractivity contribution in [2.45, 2.75) is 26.4 Å². The monoisotopic (exact) mass is 402 g/mol. The minimum absolute atomic E-state index is 0. The Kier molecular flexibility index (Phi) is 11.8. The highest BCUT2D eigenvalue weighted by Gasteiger charge is 2.27. The topological polar surface area (TPSA) is 96.4 Å². The predicted octanol–water partition coefficient (Wildman–Crippen LogP) is 0.518. The lowest BCUT2D eigenvalue weighted by atomic mass is 10.1. The molecule has 8 nitrogen and oxygen atoms in total. The van der Waals surface area contributed by atoms with E-state index in [0.717, 1.165) is 36.7 Å². The first-order valence-corrected chi connectivity index (χ1v) is 10.1. The van der Waals surface area contributed by atoms with Gasteiger partial charge in [0.05, 0.1) is 25.6 Å². The van der Waals surface area contributed by atoms with Crippen molar-refractivity contribution in [3.63, 3.8) is 0 Å². The van der Waals surface area contributed by atoms with E-state index in [0.29, 0.717) is 25.7 Å². The minimum atomic E-state index is -3.58. The molecule has 0 aliphatic carbocycles. The molecule has 1 N–H and O–H groups in total. The molecule has 1 rings (SSSR count). The number of nitrogens with zero attached hydrogens (tertiary/aromatic N) is 2. The Morgan fingerprint density at radius 3 is 2.64 bits per heavy atom. The van der Waals surface area contributed by atoms with E-state index in [1.807, 2.05) is 0 Å². The molecule has 0 radical (unpaired) electrons. The zero-order valence-electron chi connectivity index (χ0n) is 15.2. The Balaban J connectivity index is 0.00000576. The second-order valence-electron chi connectivity index (χ2n) is 6.54. The van der Waals surface area contributed by atoms with E-state index >= 15 is 0 Å². The van der Waals surface area contributed by atoms with Crippen LogP contribution >= 0.6 is 12.4 Å². The maximum absolute atomic E-state index is 11.7. The third kappa shape index (κ3) is 11.0. The second kappa shape index (κ2) is 12.0. The van der Waals surface area contributed by atoms with Crippen LogP contribution in [0.15, 0.2) is 0 Å². The molecule has 1 saturated heterocycles. The standard InChI is InChI=1S/C15H30N2O6S.ClH/c1-13(2)4-7-22-8-5-16-6-9-23-14(10-16)11-17(12-15(18)19)24(3,20)21;/h13-14H,4-12H2,1-3H3,(H,18,19);1H. The molecule has 1 aliphatic heterocycles. The zero-order valence-corrected chi connectivity index (χ0v) is 16.9. The molecule has 0 aromatic heterocycles. The summed E-state index contributed by atoms with van der Waals surface area (Å²) in [6.45, 7) is 7.78. The fourth-order valence-corrected chi connectivity index (χ4v) is 3.19. The lowest BCUT2D eigenvalue weighted by Crippen LogP contribution is -2.50. The number of morpholine rings is 1. The Morgan fingerprint density at radius 1 is 1.40 bits per heavy atom. The molecule has 0 saturated carbocycles. The van der Waals surface area contributed by atoms with Crippen LogP contribution in [0.3, 0.4) is 0 Å². The van der Waals surface area contributed by atoms with E-state index in [4.69, 9.17) is 14.6 Å². The van der Waals surface area contributed by atoms with Gasteiger partial charge in [0.25, 0.3) is 0 Å². The highest BCUT2D eigenvalue weighted by molar-refractivity contribution is 7.88. The van der Waals surface area contributed by atoms with Crippen molar-refractivity contribution < 1.29 is 27.8 Å². The van der Waals surface area contributed by atoms with Crippen molar-refractivity contribution in [1.82, 2.24) is 9.21 Å². The molecular formula is C15H31ClN2O6S. The number of hydrogen-bond donors (Lipinski definition) is 1. The largest absolute Gasteiger partial charge is 0.480 e. The van der Waals surface area contributed by atoms with E-state index in [1.54, 1.807) is 0 Å². The number of sulfonamides is 1. The van der Waals surface area contributed by atoms with Gasteiger partial charge in [-0.3, -0.25) is 9.69 Å². The molecule has 1 aliphatic rings. The highest BCUT2D eigenvalue weighted by Crippen LogP contribution is 2.09. The van der Waals surface area contributed by atoms with Gasteiger partial charge in [-0.25, -0.2) is 8.42 Å². The van der Waals surface area contributed by atoms with Gasteiger partial charge in [0, 0.05) is 32.8 Å². The number of halogens is 1. The fourth-order valence-electron chi connectivity index (χ4n) is 2.40. The summed E-state index contributed by atoms with van der Waals surface area (Å²) in [6, 6.07) is 0. The van der Waals surface area contributed by atoms with Gasteiger partial charge in [0.2, 0.25) is 10.0 Å². The molecule has 10 heteroatoms. The van der Waals surface area contributed by atoms with E-state index in [-0.39, 0.29) is 25.1 Å². The first-order valence-electron chi connectivity index (χ1n) is 8.27. The van der Waals surface area contributed by atoms with E-state index in [1.165, 1.54) is 0 Å². The zero-order chi connectivity index (χ0) is 18.2. The Bertz CT molecular complexity index is 488. The van der Waals surface area contributed by atoms with Crippen LogP contribution in [0.25, 0.3) is 0 Å². The maximum Gasteiger partial charge on any atom is 0.318 e. The molecule has 0 amide bonds. The molecule has 1 heterocycles. The lowest BCUT2D eigenvalue weighted by molar-refractivity contribution is -0.137. The smallest absolute Gasteiger partial charge is 0.318 e. The molecule has 1 unspecified atom stereocenters. The Hall–Kier alpha value is -0.450. The first kappa shape index (κ1) is 24.6. The average Bonchev–Trinajstić information content (AvgIpc) is 2.45. The van der Waals surface area contributed by atoms with E-state index in [2.05, 4.69) is 18.7 Å². The summed E-state index contributed by atoms with van der Waals surface area (Å²) in [5.74, 6) is -0.555. The molecule has 25 heavy (non-hydrogen) atoms. The van der Waals surface area contributed by atoms with Gasteiger partial charge in [0.1, 0.15) is 6.54 Å². The number of ether oxygens (including phenoxy) is 2. The molecule has 0 aromatic rings. The quantitative estimate of drug-likeness (QED) is 0.503. The summed E-state index contributed by atoms with van der Waals surface area (Å²) < 4.78 is 35.5. The normalized spacial score (nSPS) is 19.2. The SMILES string of the molecule is CC(C)CCOCCN1CCOC(CN(CC(=O)O)S(C)(=O)=O)C1.Cl. The molecule has 0 bridgehead atoms. The molecule has 1 atom stereocenters. The summed E-state index contributed by atoms with van der Waals surface area (Å²) in [7, 11) is -3.58. The Labute approximate surface area is 156 Å². The lowest BCUT2D eigenvalue weighted by Gasteiger charge is -2.34. The van der Waals surface area contributed by atoms with Gasteiger partial charge in [-0.05, 0) is 12.3 Å². The van der Waals surface area contributed by atoms with Crippen LogP contribution < -0.4 is 0 Å². The number of rotatable bonds is 11. The molecule has 1 fully saturated rings. The summed E-state index contributed by atoms with van der Waals surface area (Å²) >= 11 is 0. The fraction of sp³-hybridized carbons (Fsp3) is 0.933. The predicted molar refractivity (Wildman–Crippen MR) is 97.8 cm³/mol. The van der Waals surface area contributed by atoms with Crippen LogP contribution in [0.2, 0.25) is 0 Å². The number of carboxylic acid groups (broad SMARTS) is 1. The third-order valence-corrected chi connectivity index (χ3v) is 5.02. The van der Waals surface area contributed by atoms with Gasteiger partial charge in [-0.15, -0.1) is 12.4 Å². The average molecular weight is 403 g/mol. The Morgan fingerprint density at radius 2 is 2.08 bits per heavy atom. The number of carbonyl (C=O) groups is 1. The highest BCUT2D eigenvalue weighted by atomic mass is 35.5. The van der Waals surface area contributed by atoms with Crippen molar-refractivity contribution in [3.8, 4) is 0 Å². The maximum atomic E-state index is 11.7. The van der Waals surface area contributed by atoms with Gasteiger partial charge in [0.15, 0.2) is 0 Å². The molecule has 0 aromatic carbocycles.